The van der Waals surface area contributed by atoms with Gasteiger partial charge in [0.1, 0.15) is 24.4 Å². The first-order valence-corrected chi connectivity index (χ1v) is 9.02. The molecule has 1 heterocycles. The Hall–Kier alpha value is -0.460. The third-order valence-electron chi connectivity index (χ3n) is 4.32. The molecule has 0 unspecified atom stereocenters. The Morgan fingerprint density at radius 2 is 1.74 bits per heavy atom. The van der Waals surface area contributed by atoms with Crippen molar-refractivity contribution < 1.29 is 24.8 Å². The summed E-state index contributed by atoms with van der Waals surface area (Å²) in [4.78, 5) is 0. The number of hydrogen-bond donors (Lipinski definition) is 3. The summed E-state index contributed by atoms with van der Waals surface area (Å²) in [6, 6.07) is 0. The monoisotopic (exact) mass is 330 g/mol. The standard InChI is InChI=1S/C18H34O5/c1-2-3-4-5-6-7-8-9-10-11-12-22-16(13-19)18-17(21)15(20)14-23-18/h2-3,15-21H,4-14H2,1H3/b3-2+/t15-,16+,17-,18-/m1/s1. The molecule has 0 aromatic carbocycles. The lowest BCUT2D eigenvalue weighted by atomic mass is 10.1. The Kier molecular flexibility index (Phi) is 11.5. The van der Waals surface area contributed by atoms with Crippen LogP contribution in [-0.2, 0) is 9.47 Å². The Labute approximate surface area is 140 Å². The van der Waals surface area contributed by atoms with E-state index in [1.54, 1.807) is 0 Å². The summed E-state index contributed by atoms with van der Waals surface area (Å²) in [5.74, 6) is 0. The number of hydrogen-bond acceptors (Lipinski definition) is 5. The van der Waals surface area contributed by atoms with Crippen molar-refractivity contribution >= 4 is 0 Å². The Morgan fingerprint density at radius 3 is 2.30 bits per heavy atom. The first kappa shape index (κ1) is 20.6. The van der Waals surface area contributed by atoms with Crippen molar-refractivity contribution in [2.75, 3.05) is 19.8 Å². The maximum atomic E-state index is 9.77. The summed E-state index contributed by atoms with van der Waals surface area (Å²) in [6.07, 6.45) is 10.9. The molecule has 3 N–H and O–H groups in total. The number of rotatable bonds is 13. The molecule has 1 rings (SSSR count). The smallest absolute Gasteiger partial charge is 0.114 e. The van der Waals surface area contributed by atoms with E-state index in [9.17, 15) is 15.3 Å². The van der Waals surface area contributed by atoms with E-state index in [2.05, 4.69) is 19.1 Å². The summed E-state index contributed by atoms with van der Waals surface area (Å²) in [5, 5.41) is 28.6. The molecular formula is C18H34O5. The zero-order valence-electron chi connectivity index (χ0n) is 14.4. The minimum absolute atomic E-state index is 0.0970. The molecule has 0 aromatic rings. The molecule has 1 fully saturated rings. The van der Waals surface area contributed by atoms with Crippen LogP contribution in [0.5, 0.6) is 0 Å². The molecule has 5 nitrogen and oxygen atoms in total. The lowest BCUT2D eigenvalue weighted by Crippen LogP contribution is -2.42. The molecule has 0 aliphatic carbocycles. The van der Waals surface area contributed by atoms with Crippen LogP contribution in [0.4, 0.5) is 0 Å². The fourth-order valence-corrected chi connectivity index (χ4v) is 2.85. The molecule has 4 atom stereocenters. The van der Waals surface area contributed by atoms with Gasteiger partial charge >= 0.3 is 0 Å². The second-order valence-corrected chi connectivity index (χ2v) is 6.28. The molecule has 0 radical (unpaired) electrons. The quantitative estimate of drug-likeness (QED) is 0.356. The van der Waals surface area contributed by atoms with E-state index < -0.39 is 24.4 Å². The highest BCUT2D eigenvalue weighted by molar-refractivity contribution is 4.88. The SMILES string of the molecule is C/C=C/CCCCCCCCCO[C@@H](CO)[C@H]1OC[C@@H](O)[C@H]1O. The minimum Gasteiger partial charge on any atom is -0.394 e. The van der Waals surface area contributed by atoms with Gasteiger partial charge in [-0.05, 0) is 26.2 Å². The van der Waals surface area contributed by atoms with Gasteiger partial charge in [-0.25, -0.2) is 0 Å². The number of aliphatic hydroxyl groups is 3. The maximum Gasteiger partial charge on any atom is 0.114 e. The van der Waals surface area contributed by atoms with Crippen LogP contribution in [0.1, 0.15) is 58.3 Å². The molecule has 0 amide bonds. The zero-order chi connectivity index (χ0) is 16.9. The van der Waals surface area contributed by atoms with Gasteiger partial charge in [-0.1, -0.05) is 44.3 Å². The molecule has 5 heteroatoms. The van der Waals surface area contributed by atoms with Crippen LogP contribution in [0.3, 0.4) is 0 Å². The first-order valence-electron chi connectivity index (χ1n) is 9.02. The highest BCUT2D eigenvalue weighted by Gasteiger charge is 2.40. The van der Waals surface area contributed by atoms with Crippen LogP contribution in [0.2, 0.25) is 0 Å². The van der Waals surface area contributed by atoms with Crippen molar-refractivity contribution in [3.8, 4) is 0 Å². The Morgan fingerprint density at radius 1 is 1.09 bits per heavy atom. The van der Waals surface area contributed by atoms with Crippen molar-refractivity contribution in [2.45, 2.75) is 82.7 Å². The average molecular weight is 330 g/mol. The Balaban J connectivity index is 1.97. The molecule has 136 valence electrons. The summed E-state index contributed by atoms with van der Waals surface area (Å²) in [7, 11) is 0. The van der Waals surface area contributed by atoms with Crippen LogP contribution in [-0.4, -0.2) is 59.6 Å². The zero-order valence-corrected chi connectivity index (χ0v) is 14.4. The largest absolute Gasteiger partial charge is 0.394 e. The van der Waals surface area contributed by atoms with Crippen LogP contribution in [0, 0.1) is 0 Å². The van der Waals surface area contributed by atoms with Gasteiger partial charge in [-0.2, -0.15) is 0 Å². The normalized spacial score (nSPS) is 26.2. The highest BCUT2D eigenvalue weighted by atomic mass is 16.6. The van der Waals surface area contributed by atoms with Gasteiger partial charge in [0, 0.05) is 6.61 Å². The third kappa shape index (κ3) is 8.27. The third-order valence-corrected chi connectivity index (χ3v) is 4.32. The summed E-state index contributed by atoms with van der Waals surface area (Å²) < 4.78 is 10.9. The number of unbranched alkanes of at least 4 members (excludes halogenated alkanes) is 7. The van der Waals surface area contributed by atoms with Gasteiger partial charge in [0.2, 0.25) is 0 Å². The fourth-order valence-electron chi connectivity index (χ4n) is 2.85. The maximum absolute atomic E-state index is 9.77. The van der Waals surface area contributed by atoms with Crippen molar-refractivity contribution in [1.82, 2.24) is 0 Å². The van der Waals surface area contributed by atoms with E-state index in [1.807, 2.05) is 0 Å². The molecule has 0 bridgehead atoms. The van der Waals surface area contributed by atoms with Gasteiger partial charge < -0.3 is 24.8 Å². The molecule has 1 aliphatic rings. The molecule has 23 heavy (non-hydrogen) atoms. The van der Waals surface area contributed by atoms with Gasteiger partial charge in [0.05, 0.1) is 13.2 Å². The van der Waals surface area contributed by atoms with E-state index >= 15 is 0 Å². The topological polar surface area (TPSA) is 79.2 Å². The summed E-state index contributed by atoms with van der Waals surface area (Å²) in [5.41, 5.74) is 0. The van der Waals surface area contributed by atoms with Gasteiger partial charge in [0.15, 0.2) is 0 Å². The van der Waals surface area contributed by atoms with E-state index in [-0.39, 0.29) is 13.2 Å². The molecule has 0 saturated carbocycles. The molecule has 0 aromatic heterocycles. The molecular weight excluding hydrogens is 296 g/mol. The van der Waals surface area contributed by atoms with E-state index in [0.717, 1.165) is 12.8 Å². The van der Waals surface area contributed by atoms with Crippen molar-refractivity contribution in [3.63, 3.8) is 0 Å². The van der Waals surface area contributed by atoms with Crippen molar-refractivity contribution in [2.24, 2.45) is 0 Å². The molecule has 0 spiro atoms. The Bertz CT molecular complexity index is 308. The van der Waals surface area contributed by atoms with Crippen LogP contribution >= 0.6 is 0 Å². The second-order valence-electron chi connectivity index (χ2n) is 6.28. The molecule has 1 aliphatic heterocycles. The van der Waals surface area contributed by atoms with Crippen LogP contribution < -0.4 is 0 Å². The highest BCUT2D eigenvalue weighted by Crippen LogP contribution is 2.20. The van der Waals surface area contributed by atoms with Crippen LogP contribution in [0.15, 0.2) is 12.2 Å². The fraction of sp³-hybridized carbons (Fsp3) is 0.889. The van der Waals surface area contributed by atoms with E-state index in [1.165, 1.54) is 38.5 Å². The number of aliphatic hydroxyl groups excluding tert-OH is 3. The lowest BCUT2D eigenvalue weighted by Gasteiger charge is -2.24. The average Bonchev–Trinajstić information content (AvgIpc) is 2.88. The van der Waals surface area contributed by atoms with Crippen molar-refractivity contribution in [3.05, 3.63) is 12.2 Å². The van der Waals surface area contributed by atoms with Crippen molar-refractivity contribution in [1.29, 1.82) is 0 Å². The molecule has 1 saturated heterocycles. The van der Waals surface area contributed by atoms with Gasteiger partial charge in [0.25, 0.3) is 0 Å². The predicted octanol–water partition coefficient (Wildman–Crippen LogP) is 2.18. The van der Waals surface area contributed by atoms with Crippen LogP contribution in [0.25, 0.3) is 0 Å². The van der Waals surface area contributed by atoms with E-state index in [4.69, 9.17) is 9.47 Å². The number of ether oxygens (including phenoxy) is 2. The first-order chi connectivity index (χ1) is 11.2. The second kappa shape index (κ2) is 12.9. The minimum atomic E-state index is -0.977. The summed E-state index contributed by atoms with van der Waals surface area (Å²) in [6.45, 7) is 2.50. The van der Waals surface area contributed by atoms with Gasteiger partial charge in [-0.15, -0.1) is 0 Å². The van der Waals surface area contributed by atoms with E-state index in [0.29, 0.717) is 6.61 Å². The lowest BCUT2D eigenvalue weighted by molar-refractivity contribution is -0.101. The predicted molar refractivity (Wildman–Crippen MR) is 90.3 cm³/mol. The summed E-state index contributed by atoms with van der Waals surface area (Å²) >= 11 is 0. The van der Waals surface area contributed by atoms with Gasteiger partial charge in [-0.3, -0.25) is 0 Å². The number of allylic oxidation sites excluding steroid dienone is 2.